The van der Waals surface area contributed by atoms with E-state index in [1.807, 2.05) is 18.4 Å². The Morgan fingerprint density at radius 1 is 0.425 bits per heavy atom. The quantitative estimate of drug-likeness (QED) is 0.191. The van der Waals surface area contributed by atoms with Crippen LogP contribution in [0.3, 0.4) is 0 Å². The van der Waals surface area contributed by atoms with Crippen molar-refractivity contribution in [1.29, 1.82) is 0 Å². The SMILES string of the molecule is C=C1/C=C\C=C/Oc2c1ccc1c2C2(c3cc(-c4ccc(C5N=C(c6ccccc6)C=C(c6ccc7ccccc7c6)N5)cc4)ccc3-1)c1ccccc1C1(c3ccccc3-c3ccccc31)c1ccccc12. The van der Waals surface area contributed by atoms with Gasteiger partial charge in [-0.1, -0.05) is 231 Å². The average Bonchev–Trinajstić information content (AvgIpc) is 3.92. The van der Waals surface area contributed by atoms with E-state index in [-0.39, 0.29) is 6.17 Å². The Kier molecular flexibility index (Phi) is 9.00. The summed E-state index contributed by atoms with van der Waals surface area (Å²) in [4.78, 5) is 5.35. The van der Waals surface area contributed by atoms with Crippen LogP contribution in [0.1, 0.15) is 72.9 Å². The van der Waals surface area contributed by atoms with Gasteiger partial charge >= 0.3 is 0 Å². The van der Waals surface area contributed by atoms with E-state index in [2.05, 4.69) is 249 Å². The molecule has 1 N–H and O–H groups in total. The van der Waals surface area contributed by atoms with E-state index in [9.17, 15) is 0 Å². The highest BCUT2D eigenvalue weighted by Crippen LogP contribution is 2.69. The zero-order valence-electron chi connectivity index (χ0n) is 39.9. The first-order chi connectivity index (χ1) is 36.1. The zero-order chi connectivity index (χ0) is 48.3. The summed E-state index contributed by atoms with van der Waals surface area (Å²) in [6.45, 7) is 4.59. The fourth-order valence-electron chi connectivity index (χ4n) is 13.2. The van der Waals surface area contributed by atoms with Crippen LogP contribution in [0.5, 0.6) is 5.75 Å². The molecule has 1 atom stereocenters. The molecule has 0 aromatic heterocycles. The molecule has 0 saturated carbocycles. The monoisotopic (exact) mass is 930 g/mol. The van der Waals surface area contributed by atoms with Gasteiger partial charge in [-0.15, -0.1) is 0 Å². The summed E-state index contributed by atoms with van der Waals surface area (Å²) in [6.07, 6.45) is 9.77. The smallest absolute Gasteiger partial charge is 0.145 e. The maximum Gasteiger partial charge on any atom is 0.145 e. The fraction of sp³-hybridized carbons (Fsp3) is 0.0429. The van der Waals surface area contributed by atoms with Crippen LogP contribution in [-0.4, -0.2) is 5.71 Å². The van der Waals surface area contributed by atoms with Crippen LogP contribution >= 0.6 is 0 Å². The van der Waals surface area contributed by atoms with Gasteiger partial charge in [0.25, 0.3) is 0 Å². The molecule has 3 nitrogen and oxygen atoms in total. The summed E-state index contributed by atoms with van der Waals surface area (Å²) in [6, 6.07) is 83.0. The molecule has 2 aliphatic heterocycles. The van der Waals surface area contributed by atoms with Crippen molar-refractivity contribution in [1.82, 2.24) is 5.32 Å². The third-order valence-corrected chi connectivity index (χ3v) is 16.2. The summed E-state index contributed by atoms with van der Waals surface area (Å²) >= 11 is 0. The van der Waals surface area contributed by atoms with Crippen LogP contribution in [0, 0.1) is 0 Å². The Bertz CT molecular complexity index is 4020. The summed E-state index contributed by atoms with van der Waals surface area (Å²) in [5.74, 6) is 0.838. The second kappa shape index (κ2) is 15.8. The Labute approximate surface area is 425 Å². The van der Waals surface area contributed by atoms with Gasteiger partial charge in [-0.3, -0.25) is 4.99 Å². The second-order valence-electron chi connectivity index (χ2n) is 19.8. The minimum atomic E-state index is -0.770. The first-order valence-corrected chi connectivity index (χ1v) is 25.2. The van der Waals surface area contributed by atoms with Crippen LogP contribution in [0.4, 0.5) is 0 Å². The minimum absolute atomic E-state index is 0.292. The summed E-state index contributed by atoms with van der Waals surface area (Å²) in [5, 5.41) is 6.25. The van der Waals surface area contributed by atoms with Crippen molar-refractivity contribution < 1.29 is 4.74 Å². The van der Waals surface area contributed by atoms with Gasteiger partial charge in [0.1, 0.15) is 11.9 Å². The molecule has 0 fully saturated rings. The number of benzene rings is 10. The first kappa shape index (κ1) is 41.5. The van der Waals surface area contributed by atoms with Crippen molar-refractivity contribution >= 4 is 27.8 Å². The number of aliphatic imine (C=N–C) groups is 1. The largest absolute Gasteiger partial charge is 0.464 e. The molecule has 0 amide bonds. The molecule has 342 valence electrons. The van der Waals surface area contributed by atoms with Crippen molar-refractivity contribution in [3.8, 4) is 39.1 Å². The average molecular weight is 931 g/mol. The van der Waals surface area contributed by atoms with E-state index >= 15 is 0 Å². The number of nitrogens with zero attached hydrogens (tertiary/aromatic N) is 1. The number of hydrogen-bond donors (Lipinski definition) is 1. The van der Waals surface area contributed by atoms with Gasteiger partial charge in [-0.25, -0.2) is 0 Å². The Morgan fingerprint density at radius 2 is 0.986 bits per heavy atom. The molecule has 0 radical (unpaired) electrons. The lowest BCUT2D eigenvalue weighted by Crippen LogP contribution is -2.44. The second-order valence-corrected chi connectivity index (χ2v) is 19.8. The van der Waals surface area contributed by atoms with Crippen molar-refractivity contribution in [2.45, 2.75) is 17.0 Å². The number of nitrogens with one attached hydrogen (secondary N) is 1. The Balaban J connectivity index is 0.919. The van der Waals surface area contributed by atoms with Gasteiger partial charge in [0, 0.05) is 16.8 Å². The van der Waals surface area contributed by atoms with Crippen LogP contribution in [0.25, 0.3) is 55.4 Å². The number of fused-ring (bicyclic) bond motifs is 19. The molecule has 2 heterocycles. The molecule has 0 saturated heterocycles. The van der Waals surface area contributed by atoms with Gasteiger partial charge in [0.2, 0.25) is 0 Å². The van der Waals surface area contributed by atoms with Gasteiger partial charge in [0.15, 0.2) is 0 Å². The normalized spacial score (nSPS) is 17.5. The predicted molar refractivity (Wildman–Crippen MR) is 299 cm³/mol. The first-order valence-electron chi connectivity index (χ1n) is 25.2. The number of rotatable bonds is 4. The maximum absolute atomic E-state index is 6.92. The fourth-order valence-corrected chi connectivity index (χ4v) is 13.2. The van der Waals surface area contributed by atoms with Crippen LogP contribution < -0.4 is 10.1 Å². The number of ether oxygens (including phenoxy) is 1. The van der Waals surface area contributed by atoms with Crippen LogP contribution in [0.2, 0.25) is 0 Å². The van der Waals surface area contributed by atoms with E-state index in [1.165, 1.54) is 72.0 Å². The van der Waals surface area contributed by atoms with E-state index in [4.69, 9.17) is 9.73 Å². The number of hydrogen-bond acceptors (Lipinski definition) is 3. The maximum atomic E-state index is 6.92. The van der Waals surface area contributed by atoms with Gasteiger partial charge in [-0.2, -0.15) is 0 Å². The summed E-state index contributed by atoms with van der Waals surface area (Å²) < 4.78 is 6.92. The lowest BCUT2D eigenvalue weighted by Gasteiger charge is -2.49. The molecule has 3 heteroatoms. The van der Waals surface area contributed by atoms with Gasteiger partial charge in [0.05, 0.1) is 22.8 Å². The molecule has 15 rings (SSSR count). The Hall–Kier alpha value is -9.31. The minimum Gasteiger partial charge on any atom is -0.464 e. The molecule has 5 aliphatic rings. The standard InChI is InChI=1S/C70H46N2O/c1-44-17-15-16-40-73-67-52(44)38-39-56-55-37-36-50(46-30-33-48(34-31-46)68-71-64(47-19-3-2-4-20-47)43-65(72-68)51-35-32-45-18-5-6-21-49(45)41-51)42-63(55)70(66(56)67)61-28-13-11-26-59(61)69(60-27-12-14-29-62(60)70)57-24-9-7-22-53(57)54-23-8-10-25-58(54)69/h2-43,68,72H,1H2/b17-15-,40-16-. The van der Waals surface area contributed by atoms with Gasteiger partial charge in [-0.05, 0) is 130 Å². The topological polar surface area (TPSA) is 33.6 Å². The molecule has 73 heavy (non-hydrogen) atoms. The van der Waals surface area contributed by atoms with E-state index in [0.29, 0.717) is 0 Å². The van der Waals surface area contributed by atoms with Crippen LogP contribution in [0.15, 0.2) is 267 Å². The molecule has 2 spiro atoms. The highest BCUT2D eigenvalue weighted by molar-refractivity contribution is 6.13. The van der Waals surface area contributed by atoms with Crippen molar-refractivity contribution in [3.05, 3.63) is 328 Å². The van der Waals surface area contributed by atoms with Crippen molar-refractivity contribution in [2.24, 2.45) is 4.99 Å². The van der Waals surface area contributed by atoms with E-state index in [0.717, 1.165) is 61.7 Å². The third kappa shape index (κ3) is 5.85. The van der Waals surface area contributed by atoms with Crippen molar-refractivity contribution in [2.75, 3.05) is 0 Å². The third-order valence-electron chi connectivity index (χ3n) is 16.2. The zero-order valence-corrected chi connectivity index (χ0v) is 39.9. The highest BCUT2D eigenvalue weighted by atomic mass is 16.5. The highest BCUT2D eigenvalue weighted by Gasteiger charge is 2.60. The molecular formula is C70H46N2O. The lowest BCUT2D eigenvalue weighted by molar-refractivity contribution is 0.465. The molecular weight excluding hydrogens is 885 g/mol. The van der Waals surface area contributed by atoms with Crippen LogP contribution in [-0.2, 0) is 10.8 Å². The number of allylic oxidation sites excluding steroid dienone is 5. The molecule has 10 aromatic rings. The molecule has 10 aromatic carbocycles. The molecule has 1 unspecified atom stereocenters. The van der Waals surface area contributed by atoms with E-state index < -0.39 is 10.8 Å². The predicted octanol–water partition coefficient (Wildman–Crippen LogP) is 16.2. The summed E-state index contributed by atoms with van der Waals surface area (Å²) in [5.41, 5.74) is 23.1. The summed E-state index contributed by atoms with van der Waals surface area (Å²) in [7, 11) is 0. The van der Waals surface area contributed by atoms with Gasteiger partial charge < -0.3 is 10.1 Å². The Morgan fingerprint density at radius 3 is 1.70 bits per heavy atom. The van der Waals surface area contributed by atoms with Crippen molar-refractivity contribution in [3.63, 3.8) is 0 Å². The van der Waals surface area contributed by atoms with E-state index in [1.54, 1.807) is 0 Å². The molecule has 0 bridgehead atoms. The molecule has 3 aliphatic carbocycles. The lowest BCUT2D eigenvalue weighted by atomic mass is 9.52.